The van der Waals surface area contributed by atoms with E-state index in [0.717, 1.165) is 23.9 Å². The molecule has 1 unspecified atom stereocenters. The lowest BCUT2D eigenvalue weighted by atomic mass is 10.0. The van der Waals surface area contributed by atoms with Crippen LogP contribution in [0.4, 0.5) is 13.2 Å². The number of likely N-dealkylation sites (N-methyl/N-ethyl adjacent to an activating group) is 1. The lowest BCUT2D eigenvalue weighted by Crippen LogP contribution is -2.51. The van der Waals surface area contributed by atoms with Crippen LogP contribution in [0.2, 0.25) is 0 Å². The van der Waals surface area contributed by atoms with Gasteiger partial charge in [-0.25, -0.2) is 8.42 Å². The predicted molar refractivity (Wildman–Crippen MR) is 103 cm³/mol. The van der Waals surface area contributed by atoms with Crippen LogP contribution in [-0.4, -0.2) is 55.4 Å². The topological polar surface area (TPSA) is 74.3 Å². The second kappa shape index (κ2) is 13.5. The Morgan fingerprint density at radius 2 is 1.39 bits per heavy atom. The molecule has 1 heterocycles. The molecule has 0 amide bonds. The Balaban J connectivity index is 0.000000769. The van der Waals surface area contributed by atoms with E-state index in [9.17, 15) is 18.0 Å². The van der Waals surface area contributed by atoms with Crippen LogP contribution in [0, 0.1) is 0 Å². The normalized spacial score (nSPS) is 20.6. The van der Waals surface area contributed by atoms with E-state index in [2.05, 4.69) is 14.0 Å². The number of Topliss-reactive ketones (excluding diaryl/α,β-unsaturated/α-hetero) is 1. The molecule has 0 spiro atoms. The molecule has 5 nitrogen and oxygen atoms in total. The maximum Gasteiger partial charge on any atom is 0.485 e. The molecule has 0 aliphatic carbocycles. The molecule has 0 saturated carbocycles. The fourth-order valence-electron chi connectivity index (χ4n) is 3.41. The number of unbranched alkanes of at least 4 members (excludes halogenated alkanes) is 9. The Labute approximate surface area is 168 Å². The van der Waals surface area contributed by atoms with Crippen molar-refractivity contribution in [3.8, 4) is 0 Å². The van der Waals surface area contributed by atoms with E-state index in [1.807, 2.05) is 0 Å². The van der Waals surface area contributed by atoms with Gasteiger partial charge in [0.2, 0.25) is 0 Å². The van der Waals surface area contributed by atoms with Crippen LogP contribution < -0.4 is 0 Å². The number of quaternary nitrogens is 1. The molecule has 0 radical (unpaired) electrons. The third kappa shape index (κ3) is 13.5. The number of hydrogen-bond acceptors (Lipinski definition) is 4. The highest BCUT2D eigenvalue weighted by molar-refractivity contribution is 7.86. The average Bonchev–Trinajstić information content (AvgIpc) is 2.55. The van der Waals surface area contributed by atoms with E-state index in [0.29, 0.717) is 5.78 Å². The minimum absolute atomic E-state index is 0.478. The molecule has 1 saturated heterocycles. The molecule has 1 fully saturated rings. The number of ketones is 1. The van der Waals surface area contributed by atoms with E-state index in [-0.39, 0.29) is 0 Å². The number of rotatable bonds is 11. The smallest absolute Gasteiger partial charge is 0.485 e. The highest BCUT2D eigenvalue weighted by Gasteiger charge is 2.37. The van der Waals surface area contributed by atoms with Gasteiger partial charge >= 0.3 is 5.51 Å². The molecular formula is C19H36F3NO4S. The Bertz CT molecular complexity index is 538. The SMILES string of the molecule is CCCCCCCCCCCC[N+]1(C)CCCC(=O)C1.O=S(=O)([O-])C(F)(F)F. The van der Waals surface area contributed by atoms with Gasteiger partial charge in [-0.3, -0.25) is 4.79 Å². The van der Waals surface area contributed by atoms with Crippen molar-refractivity contribution in [3.63, 3.8) is 0 Å². The van der Waals surface area contributed by atoms with Gasteiger partial charge in [0, 0.05) is 12.8 Å². The van der Waals surface area contributed by atoms with Crippen LogP contribution in [0.3, 0.4) is 0 Å². The zero-order valence-corrected chi connectivity index (χ0v) is 18.0. The molecule has 1 aliphatic rings. The van der Waals surface area contributed by atoms with Crippen molar-refractivity contribution in [1.82, 2.24) is 0 Å². The van der Waals surface area contributed by atoms with Gasteiger partial charge in [0.15, 0.2) is 15.9 Å². The predicted octanol–water partition coefficient (Wildman–Crippen LogP) is 4.77. The fourth-order valence-corrected chi connectivity index (χ4v) is 3.41. The number of nitrogens with zero attached hydrogens (tertiary/aromatic N) is 1. The van der Waals surface area contributed by atoms with Gasteiger partial charge in [0.05, 0.1) is 20.1 Å². The second-order valence-corrected chi connectivity index (χ2v) is 9.32. The zero-order chi connectivity index (χ0) is 21.7. The molecule has 9 heteroatoms. The monoisotopic (exact) mass is 431 g/mol. The molecular weight excluding hydrogens is 395 g/mol. The molecule has 168 valence electrons. The number of halogens is 3. The average molecular weight is 432 g/mol. The van der Waals surface area contributed by atoms with Gasteiger partial charge in [0.25, 0.3) is 0 Å². The number of hydrogen-bond donors (Lipinski definition) is 0. The largest absolute Gasteiger partial charge is 0.741 e. The van der Waals surface area contributed by atoms with Crippen LogP contribution in [0.25, 0.3) is 0 Å². The zero-order valence-electron chi connectivity index (χ0n) is 17.2. The van der Waals surface area contributed by atoms with Gasteiger partial charge in [-0.15, -0.1) is 0 Å². The summed E-state index contributed by atoms with van der Waals surface area (Å²) in [5.74, 6) is 0.478. The first-order chi connectivity index (χ1) is 12.9. The standard InChI is InChI=1S/C18H36NO.CHF3O3S/c1-3-4-5-6-7-8-9-10-11-12-15-19(2)16-13-14-18(20)17-19;2-1(3,4)8(5,6)7/h3-17H2,1-2H3;(H,5,6,7)/q+1;/p-1. The van der Waals surface area contributed by atoms with Crippen LogP contribution in [-0.2, 0) is 14.9 Å². The van der Waals surface area contributed by atoms with Crippen molar-refractivity contribution in [1.29, 1.82) is 0 Å². The van der Waals surface area contributed by atoms with Crippen molar-refractivity contribution in [2.45, 2.75) is 89.5 Å². The summed E-state index contributed by atoms with van der Waals surface area (Å²) in [5.41, 5.74) is -5.65. The number of likely N-dealkylation sites (tertiary alicyclic amines) is 1. The summed E-state index contributed by atoms with van der Waals surface area (Å²) in [6.45, 7) is 5.49. The lowest BCUT2D eigenvalue weighted by Gasteiger charge is -2.37. The van der Waals surface area contributed by atoms with E-state index in [1.165, 1.54) is 77.3 Å². The minimum atomic E-state index is -6.09. The Kier molecular flexibility index (Phi) is 13.2. The highest BCUT2D eigenvalue weighted by atomic mass is 32.2. The van der Waals surface area contributed by atoms with Gasteiger partial charge in [-0.2, -0.15) is 13.2 Å². The van der Waals surface area contributed by atoms with Crippen molar-refractivity contribution >= 4 is 15.9 Å². The second-order valence-electron chi connectivity index (χ2n) is 7.95. The fraction of sp³-hybridized carbons (Fsp3) is 0.947. The van der Waals surface area contributed by atoms with E-state index in [4.69, 9.17) is 13.0 Å². The number of carbonyl (C=O) groups excluding carboxylic acids is 1. The van der Waals surface area contributed by atoms with Crippen LogP contribution in [0.1, 0.15) is 84.0 Å². The number of carbonyl (C=O) groups is 1. The summed E-state index contributed by atoms with van der Waals surface area (Å²) in [6.07, 6.45) is 15.9. The summed E-state index contributed by atoms with van der Waals surface area (Å²) >= 11 is 0. The van der Waals surface area contributed by atoms with E-state index in [1.54, 1.807) is 0 Å². The van der Waals surface area contributed by atoms with Gasteiger partial charge in [-0.1, -0.05) is 58.3 Å². The lowest BCUT2D eigenvalue weighted by molar-refractivity contribution is -0.904. The van der Waals surface area contributed by atoms with Gasteiger partial charge < -0.3 is 9.04 Å². The molecule has 1 rings (SSSR count). The molecule has 0 aromatic rings. The van der Waals surface area contributed by atoms with Crippen molar-refractivity contribution < 1.29 is 35.4 Å². The Hall–Kier alpha value is -0.670. The Morgan fingerprint density at radius 3 is 1.79 bits per heavy atom. The first kappa shape index (κ1) is 27.3. The molecule has 0 aromatic heterocycles. The first-order valence-electron chi connectivity index (χ1n) is 10.3. The molecule has 1 atom stereocenters. The summed E-state index contributed by atoms with van der Waals surface area (Å²) in [6, 6.07) is 0. The summed E-state index contributed by atoms with van der Waals surface area (Å²) in [7, 11) is -3.82. The third-order valence-electron chi connectivity index (χ3n) is 5.05. The Morgan fingerprint density at radius 1 is 0.964 bits per heavy atom. The van der Waals surface area contributed by atoms with Crippen molar-refractivity contribution in [3.05, 3.63) is 0 Å². The van der Waals surface area contributed by atoms with Gasteiger partial charge in [-0.05, 0) is 12.8 Å². The van der Waals surface area contributed by atoms with Crippen LogP contribution >= 0.6 is 0 Å². The summed E-state index contributed by atoms with van der Waals surface area (Å²) < 4.78 is 59.9. The maximum atomic E-state index is 11.5. The third-order valence-corrected chi connectivity index (χ3v) is 5.61. The van der Waals surface area contributed by atoms with Crippen molar-refractivity contribution in [2.75, 3.05) is 26.7 Å². The number of piperidine rings is 1. The van der Waals surface area contributed by atoms with Crippen LogP contribution in [0.5, 0.6) is 0 Å². The van der Waals surface area contributed by atoms with Gasteiger partial charge in [0.1, 0.15) is 6.54 Å². The molecule has 0 N–H and O–H groups in total. The molecule has 1 aliphatic heterocycles. The van der Waals surface area contributed by atoms with E-state index < -0.39 is 15.6 Å². The molecule has 28 heavy (non-hydrogen) atoms. The summed E-state index contributed by atoms with van der Waals surface area (Å²) in [4.78, 5) is 11.5. The molecule has 0 bridgehead atoms. The van der Waals surface area contributed by atoms with Crippen molar-refractivity contribution in [2.24, 2.45) is 0 Å². The summed E-state index contributed by atoms with van der Waals surface area (Å²) in [5, 5.41) is 0. The maximum absolute atomic E-state index is 11.5. The van der Waals surface area contributed by atoms with E-state index >= 15 is 0 Å². The molecule has 0 aromatic carbocycles. The minimum Gasteiger partial charge on any atom is -0.741 e. The quantitative estimate of drug-likeness (QED) is 0.204. The first-order valence-corrected chi connectivity index (χ1v) is 11.7. The van der Waals surface area contributed by atoms with Crippen LogP contribution in [0.15, 0.2) is 0 Å². The number of alkyl halides is 3. The highest BCUT2D eigenvalue weighted by Crippen LogP contribution is 2.20.